The van der Waals surface area contributed by atoms with Gasteiger partial charge < -0.3 is 0 Å². The van der Waals surface area contributed by atoms with Crippen LogP contribution in [0.3, 0.4) is 0 Å². The number of benzene rings is 3. The van der Waals surface area contributed by atoms with Crippen molar-refractivity contribution in [3.05, 3.63) is 102 Å². The molecule has 29 nitrogen and oxygen atoms in total. The quantitative estimate of drug-likeness (QED) is 0.0376. The zero-order valence-electron chi connectivity index (χ0n) is 61.6. The van der Waals surface area contributed by atoms with E-state index < -0.39 is 229 Å². The van der Waals surface area contributed by atoms with Gasteiger partial charge in [-0.2, -0.15) is 0 Å². The van der Waals surface area contributed by atoms with Crippen LogP contribution < -0.4 is 4.46 Å². The summed E-state index contributed by atoms with van der Waals surface area (Å²) >= 11 is -4.37. The summed E-state index contributed by atoms with van der Waals surface area (Å²) in [6, 6.07) is 27.1. The van der Waals surface area contributed by atoms with E-state index in [0.29, 0.717) is 10.0 Å². The fraction of sp³-hybridized carbons (Fsp3) is 0.635. The van der Waals surface area contributed by atoms with Crippen molar-refractivity contribution < 1.29 is 137 Å². The van der Waals surface area contributed by atoms with Gasteiger partial charge in [0.1, 0.15) is 0 Å². The molecule has 4 aliphatic rings. The first-order valence-corrected chi connectivity index (χ1v) is 44.6. The van der Waals surface area contributed by atoms with Crippen molar-refractivity contribution >= 4 is 91.9 Å². The van der Waals surface area contributed by atoms with Gasteiger partial charge in [-0.3, -0.25) is 0 Å². The van der Waals surface area contributed by atoms with Crippen molar-refractivity contribution in [1.82, 2.24) is 0 Å². The van der Waals surface area contributed by atoms with Crippen molar-refractivity contribution in [2.45, 2.75) is 270 Å². The Hall–Kier alpha value is -6.23. The SMILES string of the molecule is CCC[CH2][Sn]([CH2]CCC)([CH2]CCC)[O]C[C@H]1O[C@@H](OC[C@H]2O[C@@H](OC[C@H]3O[C@@H]([Se]c4ccccc4)[C@H](OC(C)=O)[C@@H](O[C@@H]4O[C@H](COC(C)=O)[C@@H](OC(C)=O)[C@H](OC(C)=O)[C@H]4OC(C)=O)[C@@H]3O)[C@H](OC(C)=O)[C@@H](OC(C)=O)[C@@H]2OCc2ccccc2)[C@H](OC(C)=O)[C@@H](OC(C)=O)[C@@H]1OCc1ccccc1. The number of hydrogen-bond acceptors (Lipinski definition) is 29. The molecule has 4 fully saturated rings. The third-order valence-electron chi connectivity index (χ3n) is 17.5. The molecule has 0 aliphatic carbocycles. The molecule has 0 aromatic heterocycles. The topological polar surface area (TPSA) is 349 Å². The number of ether oxygens (including phenoxy) is 18. The maximum atomic E-state index is 13.5. The Morgan fingerprint density at radius 3 is 1.14 bits per heavy atom. The Bertz CT molecular complexity index is 3220. The van der Waals surface area contributed by atoms with Gasteiger partial charge in [0.15, 0.2) is 0 Å². The van der Waals surface area contributed by atoms with Crippen molar-refractivity contribution in [3.63, 3.8) is 0 Å². The molecule has 31 heteroatoms. The summed E-state index contributed by atoms with van der Waals surface area (Å²) < 4.78 is 124. The van der Waals surface area contributed by atoms with E-state index in [9.17, 15) is 48.3 Å². The Labute approximate surface area is 623 Å². The molecule has 0 unspecified atom stereocenters. The van der Waals surface area contributed by atoms with Crippen LogP contribution in [0.4, 0.5) is 0 Å². The summed E-state index contributed by atoms with van der Waals surface area (Å²) in [7, 11) is 0. The standard InChI is InChI=1S/C62H75O29Se.3C4H9.Sn/c1-31(64)74-29-46-50(79-32(2)65)54(82-35(5)68)57(85-38(8)71)61(89-46)91-51-47(73)44(90-62(58(51)86-39(9)72)92-42-23-17-12-18-24-42)28-77-60-56(84-37(7)70)53(81-34(4)67)49(76-27-41-21-15-11-16-22-41)45(88-60)30-78-59-55(83-36(6)69)52(80-33(3)66)48(43(25-63)87-59)75-26-40-19-13-10-14-20-40;3*1-3-4-2;/h10-24,43-62,73H,25-30H2,1-9H3;3*1,3-4H2,2H3;/q-1;;;;+1/t43-,44-,45-,46-,47-,48-,49-,50-,51+,52+,53+,54+,55-,56-,57-,58-,59-,60-,61+,62+;;;;/m1..../s1. The maximum absolute atomic E-state index is 13.5. The van der Waals surface area contributed by atoms with Gasteiger partial charge in [0, 0.05) is 0 Å². The van der Waals surface area contributed by atoms with Crippen LogP contribution in [0.5, 0.6) is 0 Å². The molecule has 4 heterocycles. The van der Waals surface area contributed by atoms with Gasteiger partial charge in [0.2, 0.25) is 0 Å². The van der Waals surface area contributed by atoms with E-state index >= 15 is 0 Å². The molecule has 7 rings (SSSR count). The second-order valence-corrected chi connectivity index (χ2v) is 40.4. The van der Waals surface area contributed by atoms with E-state index in [-0.39, 0.29) is 19.8 Å². The van der Waals surface area contributed by atoms with E-state index in [4.69, 9.17) is 88.3 Å². The molecule has 3 aromatic rings. The van der Waals surface area contributed by atoms with Crippen molar-refractivity contribution in [1.29, 1.82) is 0 Å². The molecule has 0 spiro atoms. The van der Waals surface area contributed by atoms with Gasteiger partial charge in [-0.05, 0) is 0 Å². The predicted octanol–water partition coefficient (Wildman–Crippen LogP) is 6.24. The summed E-state index contributed by atoms with van der Waals surface area (Å²) in [4.78, 5) is 118. The van der Waals surface area contributed by atoms with Crippen molar-refractivity contribution in [2.24, 2.45) is 0 Å². The first-order chi connectivity index (χ1) is 50.2. The van der Waals surface area contributed by atoms with Gasteiger partial charge >= 0.3 is 596 Å². The second-order valence-electron chi connectivity index (χ2n) is 26.1. The number of rotatable bonds is 38. The number of hydrogen-bond donors (Lipinski definition) is 1. The fourth-order valence-electron chi connectivity index (χ4n) is 12.9. The van der Waals surface area contributed by atoms with Crippen molar-refractivity contribution in [3.8, 4) is 0 Å². The fourth-order valence-corrected chi connectivity index (χ4v) is 28.7. The zero-order valence-corrected chi connectivity index (χ0v) is 66.2. The first-order valence-electron chi connectivity index (χ1n) is 35.6. The van der Waals surface area contributed by atoms with E-state index in [1.54, 1.807) is 60.7 Å². The number of unbranched alkanes of at least 4 members (excludes halogenated alkanes) is 3. The van der Waals surface area contributed by atoms with E-state index in [2.05, 4.69) is 20.8 Å². The van der Waals surface area contributed by atoms with Crippen LogP contribution >= 0.6 is 0 Å². The molecule has 582 valence electrons. The number of aliphatic hydroxyl groups excluding tert-OH is 1. The van der Waals surface area contributed by atoms with Gasteiger partial charge in [0.05, 0.1) is 0 Å². The van der Waals surface area contributed by atoms with Crippen LogP contribution in [0, 0.1) is 0 Å². The molecule has 1 N–H and O–H groups in total. The normalized spacial score (nSPS) is 28.9. The van der Waals surface area contributed by atoms with Gasteiger partial charge in [-0.25, -0.2) is 0 Å². The van der Waals surface area contributed by atoms with Crippen LogP contribution in [0.1, 0.15) is 133 Å². The third kappa shape index (κ3) is 26.6. The van der Waals surface area contributed by atoms with E-state index in [1.165, 1.54) is 13.8 Å². The predicted molar refractivity (Wildman–Crippen MR) is 371 cm³/mol. The van der Waals surface area contributed by atoms with Crippen LogP contribution in [-0.4, -0.2) is 241 Å². The minimum absolute atomic E-state index is 0.00726. The Morgan fingerprint density at radius 1 is 0.371 bits per heavy atom. The molecular weight excluding hydrogens is 1550 g/mol. The van der Waals surface area contributed by atoms with Crippen molar-refractivity contribution in [2.75, 3.05) is 26.4 Å². The molecule has 3 aromatic carbocycles. The number of aliphatic hydroxyl groups is 1. The van der Waals surface area contributed by atoms with Crippen LogP contribution in [0.25, 0.3) is 0 Å². The Kier molecular flexibility index (Phi) is 35.3. The second kappa shape index (κ2) is 43.1. The number of carbonyl (C=O) groups excluding carboxylic acids is 9. The molecule has 105 heavy (non-hydrogen) atoms. The molecule has 4 saturated heterocycles. The number of carbonyl (C=O) groups is 9. The number of esters is 9. The Balaban J connectivity index is 1.32. The summed E-state index contributed by atoms with van der Waals surface area (Å²) in [6.07, 6.45) is -24.2. The van der Waals surface area contributed by atoms with E-state index in [1.807, 2.05) is 30.3 Å². The summed E-state index contributed by atoms with van der Waals surface area (Å²) in [5.74, 6) is -7.75. The van der Waals surface area contributed by atoms with Gasteiger partial charge in [-0.1, -0.05) is 30.3 Å². The first kappa shape index (κ1) is 86.0. The third-order valence-corrected chi connectivity index (χ3v) is 33.0. The molecule has 4 aliphatic heterocycles. The molecule has 0 saturated carbocycles. The molecule has 0 amide bonds. The average molecular weight is 1650 g/mol. The van der Waals surface area contributed by atoms with Crippen LogP contribution in [-0.2, 0) is 145 Å². The van der Waals surface area contributed by atoms with Gasteiger partial charge in [-0.15, -0.1) is 0 Å². The summed E-state index contributed by atoms with van der Waals surface area (Å²) in [5.41, 5.74) is 1.44. The van der Waals surface area contributed by atoms with Gasteiger partial charge in [0.25, 0.3) is 0 Å². The average Bonchev–Trinajstić information content (AvgIpc) is 0.776. The summed E-state index contributed by atoms with van der Waals surface area (Å²) in [5, 5.41) is 11.7. The monoisotopic (exact) mass is 1650 g/mol. The molecule has 0 bridgehead atoms. The van der Waals surface area contributed by atoms with E-state index in [0.717, 1.165) is 106 Å². The molecular formula is C74H102O29SeSn. The van der Waals surface area contributed by atoms with Crippen LogP contribution in [0.15, 0.2) is 91.0 Å². The van der Waals surface area contributed by atoms with Crippen LogP contribution in [0.2, 0.25) is 13.3 Å². The molecule has 0 radical (unpaired) electrons. The Morgan fingerprint density at radius 2 is 0.724 bits per heavy atom. The zero-order chi connectivity index (χ0) is 76.3. The molecule has 20 atom stereocenters. The minimum atomic E-state index is -3.53. The summed E-state index contributed by atoms with van der Waals surface area (Å²) in [6.45, 7) is 14.3.